The van der Waals surface area contributed by atoms with Crippen LogP contribution in [0.15, 0.2) is 24.3 Å². The van der Waals surface area contributed by atoms with Gasteiger partial charge in [-0.3, -0.25) is 4.90 Å². The molecule has 18 heavy (non-hydrogen) atoms. The minimum atomic E-state index is -0.410. The van der Waals surface area contributed by atoms with Crippen LogP contribution in [0.5, 0.6) is 0 Å². The van der Waals surface area contributed by atoms with E-state index in [4.69, 9.17) is 0 Å². The van der Waals surface area contributed by atoms with E-state index in [0.717, 1.165) is 32.5 Å². The van der Waals surface area contributed by atoms with E-state index in [1.54, 1.807) is 0 Å². The second kappa shape index (κ2) is 5.41. The monoisotopic (exact) mass is 247 g/mol. The third kappa shape index (κ3) is 3.12. The minimum absolute atomic E-state index is 0.410. The van der Waals surface area contributed by atoms with E-state index < -0.39 is 5.60 Å². The quantitative estimate of drug-likeness (QED) is 0.864. The Hall–Kier alpha value is -0.860. The number of rotatable bonds is 5. The van der Waals surface area contributed by atoms with Crippen LogP contribution < -0.4 is 0 Å². The lowest BCUT2D eigenvalue weighted by atomic mass is 9.89. The van der Waals surface area contributed by atoms with Gasteiger partial charge < -0.3 is 5.11 Å². The summed E-state index contributed by atoms with van der Waals surface area (Å²) in [6.07, 6.45) is 1.99. The molecule has 1 heterocycles. The van der Waals surface area contributed by atoms with Crippen molar-refractivity contribution >= 4 is 0 Å². The van der Waals surface area contributed by atoms with Gasteiger partial charge in [0.15, 0.2) is 0 Å². The Kier molecular flexibility index (Phi) is 4.08. The van der Waals surface area contributed by atoms with Crippen LogP contribution in [0.4, 0.5) is 0 Å². The maximum absolute atomic E-state index is 10.1. The minimum Gasteiger partial charge on any atom is -0.387 e. The van der Waals surface area contributed by atoms with Crippen LogP contribution >= 0.6 is 0 Å². The number of hydrogen-bond acceptors (Lipinski definition) is 2. The van der Waals surface area contributed by atoms with Gasteiger partial charge in [-0.1, -0.05) is 51.5 Å². The molecular formula is C16H25NO. The molecule has 100 valence electrons. The van der Waals surface area contributed by atoms with Crippen molar-refractivity contribution in [1.82, 2.24) is 4.90 Å². The normalized spacial score (nSPS) is 18.9. The van der Waals surface area contributed by atoms with Crippen LogP contribution in [-0.4, -0.2) is 28.7 Å². The topological polar surface area (TPSA) is 23.5 Å². The second-order valence-electron chi connectivity index (χ2n) is 6.02. The van der Waals surface area contributed by atoms with Crippen molar-refractivity contribution in [2.24, 2.45) is 0 Å². The van der Waals surface area contributed by atoms with Crippen molar-refractivity contribution in [3.8, 4) is 0 Å². The SMILES string of the molecule is CCCC1(O)CN(Cc2ccc(C(C)C)cc2)C1. The molecule has 1 N–H and O–H groups in total. The van der Waals surface area contributed by atoms with Crippen molar-refractivity contribution in [2.45, 2.75) is 51.7 Å². The zero-order valence-electron chi connectivity index (χ0n) is 11.8. The predicted octanol–water partition coefficient (Wildman–Crippen LogP) is 3.16. The van der Waals surface area contributed by atoms with E-state index >= 15 is 0 Å². The van der Waals surface area contributed by atoms with E-state index in [-0.39, 0.29) is 0 Å². The summed E-state index contributed by atoms with van der Waals surface area (Å²) in [5, 5.41) is 10.1. The predicted molar refractivity (Wildman–Crippen MR) is 75.7 cm³/mol. The second-order valence-corrected chi connectivity index (χ2v) is 6.02. The molecule has 0 aromatic heterocycles. The molecule has 0 unspecified atom stereocenters. The van der Waals surface area contributed by atoms with Crippen molar-refractivity contribution in [3.05, 3.63) is 35.4 Å². The van der Waals surface area contributed by atoms with E-state index in [0.29, 0.717) is 5.92 Å². The van der Waals surface area contributed by atoms with Gasteiger partial charge in [0.1, 0.15) is 0 Å². The van der Waals surface area contributed by atoms with Crippen LogP contribution in [0, 0.1) is 0 Å². The molecule has 1 aromatic rings. The third-order valence-electron chi connectivity index (χ3n) is 3.80. The molecular weight excluding hydrogens is 222 g/mol. The average Bonchev–Trinajstić information content (AvgIpc) is 2.28. The number of β-amino-alcohol motifs (C(OH)–C–C–N with tert-alkyl or cyclic N) is 1. The molecule has 0 radical (unpaired) electrons. The fourth-order valence-corrected chi connectivity index (χ4v) is 2.79. The number of likely N-dealkylation sites (tertiary alicyclic amines) is 1. The molecule has 0 spiro atoms. The van der Waals surface area contributed by atoms with E-state index in [1.807, 2.05) is 0 Å². The first-order valence-corrected chi connectivity index (χ1v) is 7.06. The van der Waals surface area contributed by atoms with Gasteiger partial charge in [0, 0.05) is 19.6 Å². The maximum atomic E-state index is 10.1. The van der Waals surface area contributed by atoms with Crippen LogP contribution in [0.25, 0.3) is 0 Å². The summed E-state index contributed by atoms with van der Waals surface area (Å²) >= 11 is 0. The fourth-order valence-electron chi connectivity index (χ4n) is 2.79. The van der Waals surface area contributed by atoms with Gasteiger partial charge in [0.2, 0.25) is 0 Å². The van der Waals surface area contributed by atoms with Crippen molar-refractivity contribution in [1.29, 1.82) is 0 Å². The van der Waals surface area contributed by atoms with Gasteiger partial charge in [-0.25, -0.2) is 0 Å². The average molecular weight is 247 g/mol. The summed E-state index contributed by atoms with van der Waals surface area (Å²) < 4.78 is 0. The Morgan fingerprint density at radius 2 is 1.83 bits per heavy atom. The van der Waals surface area contributed by atoms with E-state index in [2.05, 4.69) is 49.9 Å². The summed E-state index contributed by atoms with van der Waals surface area (Å²) in [7, 11) is 0. The molecule has 0 aliphatic carbocycles. The Morgan fingerprint density at radius 3 is 2.33 bits per heavy atom. The van der Waals surface area contributed by atoms with E-state index in [1.165, 1.54) is 11.1 Å². The van der Waals surface area contributed by atoms with E-state index in [9.17, 15) is 5.11 Å². The molecule has 2 heteroatoms. The first kappa shape index (κ1) is 13.6. The summed E-state index contributed by atoms with van der Waals surface area (Å²) in [4.78, 5) is 2.32. The van der Waals surface area contributed by atoms with Crippen molar-refractivity contribution < 1.29 is 5.11 Å². The first-order valence-electron chi connectivity index (χ1n) is 7.06. The lowest BCUT2D eigenvalue weighted by Crippen LogP contribution is -2.60. The highest BCUT2D eigenvalue weighted by atomic mass is 16.3. The van der Waals surface area contributed by atoms with Gasteiger partial charge in [0.25, 0.3) is 0 Å². The molecule has 0 bridgehead atoms. The molecule has 0 saturated carbocycles. The number of nitrogens with zero attached hydrogens (tertiary/aromatic N) is 1. The molecule has 0 atom stereocenters. The van der Waals surface area contributed by atoms with Gasteiger partial charge in [0.05, 0.1) is 5.60 Å². The lowest BCUT2D eigenvalue weighted by Gasteiger charge is -2.46. The zero-order valence-corrected chi connectivity index (χ0v) is 11.8. The zero-order chi connectivity index (χ0) is 13.2. The maximum Gasteiger partial charge on any atom is 0.0900 e. The molecule has 0 amide bonds. The third-order valence-corrected chi connectivity index (χ3v) is 3.80. The molecule has 1 aliphatic heterocycles. The highest BCUT2D eigenvalue weighted by molar-refractivity contribution is 5.25. The van der Waals surface area contributed by atoms with Crippen LogP contribution in [0.1, 0.15) is 50.7 Å². The standard InChI is InChI=1S/C16H25NO/c1-4-9-16(18)11-17(12-16)10-14-5-7-15(8-6-14)13(2)3/h5-8,13,18H,4,9-12H2,1-3H3. The van der Waals surface area contributed by atoms with Gasteiger partial charge in [-0.15, -0.1) is 0 Å². The highest BCUT2D eigenvalue weighted by Gasteiger charge is 2.39. The Bertz CT molecular complexity index is 377. The van der Waals surface area contributed by atoms with Gasteiger partial charge in [-0.05, 0) is 23.5 Å². The van der Waals surface area contributed by atoms with Crippen molar-refractivity contribution in [3.63, 3.8) is 0 Å². The Balaban J connectivity index is 1.85. The molecule has 1 aliphatic rings. The van der Waals surface area contributed by atoms with Gasteiger partial charge in [-0.2, -0.15) is 0 Å². The van der Waals surface area contributed by atoms with Crippen LogP contribution in [0.2, 0.25) is 0 Å². The summed E-state index contributed by atoms with van der Waals surface area (Å²) in [5.41, 5.74) is 2.33. The Labute approximate surface area is 111 Å². The fraction of sp³-hybridized carbons (Fsp3) is 0.625. The van der Waals surface area contributed by atoms with Crippen LogP contribution in [0.3, 0.4) is 0 Å². The van der Waals surface area contributed by atoms with Crippen molar-refractivity contribution in [2.75, 3.05) is 13.1 Å². The molecule has 1 aromatic carbocycles. The molecule has 1 saturated heterocycles. The molecule has 2 nitrogen and oxygen atoms in total. The first-order chi connectivity index (χ1) is 8.52. The summed E-state index contributed by atoms with van der Waals surface area (Å²) in [6, 6.07) is 8.87. The highest BCUT2D eigenvalue weighted by Crippen LogP contribution is 2.27. The van der Waals surface area contributed by atoms with Crippen LogP contribution in [-0.2, 0) is 6.54 Å². The number of benzene rings is 1. The molecule has 1 fully saturated rings. The molecule has 2 rings (SSSR count). The number of aliphatic hydroxyl groups is 1. The Morgan fingerprint density at radius 1 is 1.22 bits per heavy atom. The smallest absolute Gasteiger partial charge is 0.0900 e. The summed E-state index contributed by atoms with van der Waals surface area (Å²) in [6.45, 7) is 9.18. The number of hydrogen-bond donors (Lipinski definition) is 1. The largest absolute Gasteiger partial charge is 0.387 e. The van der Waals surface area contributed by atoms with Gasteiger partial charge >= 0.3 is 0 Å². The lowest BCUT2D eigenvalue weighted by molar-refractivity contribution is -0.106. The summed E-state index contributed by atoms with van der Waals surface area (Å²) in [5.74, 6) is 0.595.